The fourth-order valence-electron chi connectivity index (χ4n) is 1.60. The summed E-state index contributed by atoms with van der Waals surface area (Å²) in [6.45, 7) is 1.77. The van der Waals surface area contributed by atoms with Gasteiger partial charge in [-0.2, -0.15) is 0 Å². The zero-order chi connectivity index (χ0) is 15.6. The van der Waals surface area contributed by atoms with Crippen molar-refractivity contribution in [2.45, 2.75) is 11.8 Å². The van der Waals surface area contributed by atoms with Gasteiger partial charge in [-0.25, -0.2) is 17.9 Å². The first-order valence-electron chi connectivity index (χ1n) is 5.83. The van der Waals surface area contributed by atoms with Crippen LogP contribution in [0.5, 0.6) is 0 Å². The van der Waals surface area contributed by atoms with Crippen LogP contribution in [0.25, 0.3) is 0 Å². The first kappa shape index (κ1) is 15.1. The number of carbonyl (C=O) groups is 1. The monoisotopic (exact) mass is 309 g/mol. The van der Waals surface area contributed by atoms with E-state index in [-0.39, 0.29) is 11.3 Å². The number of hydrogen-bond donors (Lipinski definition) is 2. The number of amides is 1. The molecule has 1 heterocycles. The van der Waals surface area contributed by atoms with Crippen molar-refractivity contribution in [3.63, 3.8) is 0 Å². The number of halogens is 1. The molecule has 0 bridgehead atoms. The SMILES string of the molecule is Cc1ccc(C(=O)Nc2cc(F)cc(S(N)(=O)=O)c2)cn1. The molecule has 0 atom stereocenters. The van der Waals surface area contributed by atoms with E-state index in [0.29, 0.717) is 0 Å². The third-order valence-corrected chi connectivity index (χ3v) is 3.52. The van der Waals surface area contributed by atoms with Crippen LogP contribution in [0.2, 0.25) is 0 Å². The Morgan fingerprint density at radius 2 is 2.00 bits per heavy atom. The molecule has 0 radical (unpaired) electrons. The molecule has 0 aliphatic rings. The lowest BCUT2D eigenvalue weighted by Crippen LogP contribution is -2.15. The summed E-state index contributed by atoms with van der Waals surface area (Å²) in [5.74, 6) is -1.35. The Morgan fingerprint density at radius 1 is 1.29 bits per heavy atom. The highest BCUT2D eigenvalue weighted by Crippen LogP contribution is 2.18. The van der Waals surface area contributed by atoms with E-state index < -0.39 is 26.6 Å². The minimum atomic E-state index is -4.06. The number of nitrogens with zero attached hydrogens (tertiary/aromatic N) is 1. The second-order valence-electron chi connectivity index (χ2n) is 4.36. The van der Waals surface area contributed by atoms with Crippen LogP contribution in [0.15, 0.2) is 41.4 Å². The zero-order valence-electron chi connectivity index (χ0n) is 11.0. The highest BCUT2D eigenvalue weighted by molar-refractivity contribution is 7.89. The maximum absolute atomic E-state index is 13.4. The van der Waals surface area contributed by atoms with Gasteiger partial charge in [0.15, 0.2) is 0 Å². The van der Waals surface area contributed by atoms with Gasteiger partial charge in [0.2, 0.25) is 10.0 Å². The van der Waals surface area contributed by atoms with E-state index in [0.717, 1.165) is 23.9 Å². The molecule has 1 amide bonds. The van der Waals surface area contributed by atoms with Crippen molar-refractivity contribution >= 4 is 21.6 Å². The molecule has 0 fully saturated rings. The van der Waals surface area contributed by atoms with Crippen LogP contribution in [0, 0.1) is 12.7 Å². The maximum Gasteiger partial charge on any atom is 0.257 e. The normalized spacial score (nSPS) is 11.2. The highest BCUT2D eigenvalue weighted by atomic mass is 32.2. The van der Waals surface area contributed by atoms with Crippen LogP contribution in [-0.2, 0) is 10.0 Å². The van der Waals surface area contributed by atoms with Crippen LogP contribution in [0.1, 0.15) is 16.1 Å². The van der Waals surface area contributed by atoms with Crippen LogP contribution in [0.4, 0.5) is 10.1 Å². The van der Waals surface area contributed by atoms with Crippen molar-refractivity contribution in [2.75, 3.05) is 5.32 Å². The van der Waals surface area contributed by atoms with Gasteiger partial charge in [0.05, 0.1) is 10.5 Å². The molecule has 3 N–H and O–H groups in total. The summed E-state index contributed by atoms with van der Waals surface area (Å²) in [7, 11) is -4.06. The molecule has 0 saturated carbocycles. The second-order valence-corrected chi connectivity index (χ2v) is 5.92. The number of pyridine rings is 1. The number of nitrogens with one attached hydrogen (secondary N) is 1. The Balaban J connectivity index is 2.29. The van der Waals surface area contributed by atoms with E-state index in [1.807, 2.05) is 0 Å². The molecular weight excluding hydrogens is 297 g/mol. The summed E-state index contributed by atoms with van der Waals surface area (Å²) in [4.78, 5) is 15.5. The first-order valence-corrected chi connectivity index (χ1v) is 7.38. The van der Waals surface area contributed by atoms with Crippen molar-refractivity contribution in [1.82, 2.24) is 4.98 Å². The topological polar surface area (TPSA) is 102 Å². The fourth-order valence-corrected chi connectivity index (χ4v) is 2.17. The smallest absolute Gasteiger partial charge is 0.257 e. The number of aromatic nitrogens is 1. The van der Waals surface area contributed by atoms with Gasteiger partial charge in [-0.15, -0.1) is 0 Å². The maximum atomic E-state index is 13.4. The van der Waals surface area contributed by atoms with Crippen LogP contribution < -0.4 is 10.5 Å². The van der Waals surface area contributed by atoms with Crippen molar-refractivity contribution in [3.8, 4) is 0 Å². The van der Waals surface area contributed by atoms with Crippen LogP contribution in [-0.4, -0.2) is 19.3 Å². The molecule has 0 saturated heterocycles. The highest BCUT2D eigenvalue weighted by Gasteiger charge is 2.13. The Labute approximate surface area is 120 Å². The molecule has 0 aliphatic heterocycles. The summed E-state index contributed by atoms with van der Waals surface area (Å²) in [5.41, 5.74) is 1.00. The quantitative estimate of drug-likeness (QED) is 0.895. The number of aryl methyl sites for hydroxylation is 1. The van der Waals surface area contributed by atoms with E-state index in [2.05, 4.69) is 10.3 Å². The van der Waals surface area contributed by atoms with Crippen LogP contribution in [0.3, 0.4) is 0 Å². The fraction of sp³-hybridized carbons (Fsp3) is 0.0769. The number of anilines is 1. The Kier molecular flexibility index (Phi) is 4.01. The van der Waals surface area contributed by atoms with Crippen LogP contribution >= 0.6 is 0 Å². The molecule has 8 heteroatoms. The van der Waals surface area contributed by atoms with E-state index in [1.54, 1.807) is 19.1 Å². The third kappa shape index (κ3) is 3.83. The number of benzene rings is 1. The lowest BCUT2D eigenvalue weighted by Gasteiger charge is -2.07. The summed E-state index contributed by atoms with van der Waals surface area (Å²) in [6.07, 6.45) is 1.37. The second kappa shape index (κ2) is 5.58. The van der Waals surface area contributed by atoms with Crippen molar-refractivity contribution < 1.29 is 17.6 Å². The first-order chi connectivity index (χ1) is 9.75. The predicted octanol–water partition coefficient (Wildman–Crippen LogP) is 1.43. The molecule has 2 aromatic rings. The zero-order valence-corrected chi connectivity index (χ0v) is 11.8. The summed E-state index contributed by atoms with van der Waals surface area (Å²) >= 11 is 0. The molecule has 0 spiro atoms. The Morgan fingerprint density at radius 3 is 2.57 bits per heavy atom. The molecule has 1 aromatic heterocycles. The van der Waals surface area contributed by atoms with Gasteiger partial charge in [-0.3, -0.25) is 9.78 Å². The lowest BCUT2D eigenvalue weighted by molar-refractivity contribution is 0.102. The Hall–Kier alpha value is -2.32. The summed E-state index contributed by atoms with van der Waals surface area (Å²) in [6, 6.07) is 6.05. The third-order valence-electron chi connectivity index (χ3n) is 2.63. The van der Waals surface area contributed by atoms with E-state index in [1.165, 1.54) is 6.20 Å². The number of carbonyl (C=O) groups excluding carboxylic acids is 1. The average Bonchev–Trinajstić information content (AvgIpc) is 2.37. The summed E-state index contributed by atoms with van der Waals surface area (Å²) < 4.78 is 35.8. The standard InChI is InChI=1S/C13H12FN3O3S/c1-8-2-3-9(7-16-8)13(18)17-11-4-10(14)5-12(6-11)21(15,19)20/h2-7H,1H3,(H,17,18)(H2,15,19,20). The molecular formula is C13H12FN3O3S. The van der Waals surface area contributed by atoms with Crippen molar-refractivity contribution in [1.29, 1.82) is 0 Å². The van der Waals surface area contributed by atoms with E-state index in [4.69, 9.17) is 5.14 Å². The average molecular weight is 309 g/mol. The van der Waals surface area contributed by atoms with Gasteiger partial charge < -0.3 is 5.32 Å². The van der Waals surface area contributed by atoms with Gasteiger partial charge in [0.25, 0.3) is 5.91 Å². The minimum absolute atomic E-state index is 0.00963. The predicted molar refractivity (Wildman–Crippen MR) is 74.7 cm³/mol. The number of hydrogen-bond acceptors (Lipinski definition) is 4. The Bertz CT molecular complexity index is 789. The molecule has 0 unspecified atom stereocenters. The van der Waals surface area contributed by atoms with Gasteiger partial charge in [-0.1, -0.05) is 0 Å². The van der Waals surface area contributed by atoms with Gasteiger partial charge >= 0.3 is 0 Å². The number of sulfonamides is 1. The molecule has 110 valence electrons. The van der Waals surface area contributed by atoms with E-state index in [9.17, 15) is 17.6 Å². The molecule has 0 aliphatic carbocycles. The van der Waals surface area contributed by atoms with Gasteiger partial charge in [0.1, 0.15) is 5.82 Å². The van der Waals surface area contributed by atoms with Crippen molar-refractivity contribution in [3.05, 3.63) is 53.6 Å². The molecule has 21 heavy (non-hydrogen) atoms. The number of rotatable bonds is 3. The van der Waals surface area contributed by atoms with Crippen molar-refractivity contribution in [2.24, 2.45) is 5.14 Å². The van der Waals surface area contributed by atoms with Gasteiger partial charge in [-0.05, 0) is 37.3 Å². The lowest BCUT2D eigenvalue weighted by atomic mass is 10.2. The molecule has 2 rings (SSSR count). The minimum Gasteiger partial charge on any atom is -0.322 e. The largest absolute Gasteiger partial charge is 0.322 e. The summed E-state index contributed by atoms with van der Waals surface area (Å²) in [5, 5.41) is 7.33. The van der Waals surface area contributed by atoms with E-state index >= 15 is 0 Å². The number of primary sulfonamides is 1. The number of nitrogens with two attached hydrogens (primary N) is 1. The van der Waals surface area contributed by atoms with Gasteiger partial charge in [0, 0.05) is 17.6 Å². The molecule has 6 nitrogen and oxygen atoms in total. The molecule has 1 aromatic carbocycles.